The predicted molar refractivity (Wildman–Crippen MR) is 227 cm³/mol. The van der Waals surface area contributed by atoms with Gasteiger partial charge >= 0.3 is 5.97 Å². The Balaban J connectivity index is 1.56. The molecule has 58 heavy (non-hydrogen) atoms. The van der Waals surface area contributed by atoms with E-state index in [2.05, 4.69) is 6.58 Å². The van der Waals surface area contributed by atoms with Crippen LogP contribution in [0.1, 0.15) is 76.0 Å². The maximum atomic E-state index is 12.5. The molecule has 4 aromatic rings. The van der Waals surface area contributed by atoms with Gasteiger partial charge in [-0.2, -0.15) is 25.3 Å². The number of fused-ring (bicyclic) bond motifs is 4. The number of nitrogens with zero attached hydrogens (tertiary/aromatic N) is 1. The van der Waals surface area contributed by atoms with Crippen molar-refractivity contribution in [2.24, 2.45) is 0 Å². The summed E-state index contributed by atoms with van der Waals surface area (Å²) in [6.45, 7) is 12.7. The van der Waals surface area contributed by atoms with Gasteiger partial charge in [0.2, 0.25) is 0 Å². The third-order valence-electron chi connectivity index (χ3n) is 11.0. The van der Waals surface area contributed by atoms with Crippen LogP contribution < -0.4 is 4.90 Å². The van der Waals surface area contributed by atoms with Crippen molar-refractivity contribution in [3.05, 3.63) is 126 Å². The minimum Gasteiger partial charge on any atom is -0.481 e. The quantitative estimate of drug-likeness (QED) is 0.0448. The first-order valence-corrected chi connectivity index (χ1v) is 23.2. The highest BCUT2D eigenvalue weighted by Gasteiger charge is 2.42. The van der Waals surface area contributed by atoms with E-state index in [1.165, 1.54) is 12.1 Å². The number of carboxylic acid groups (broad SMARTS) is 1. The summed E-state index contributed by atoms with van der Waals surface area (Å²) in [5.74, 6) is -1.29. The van der Waals surface area contributed by atoms with Crippen LogP contribution in [0.3, 0.4) is 0 Å². The fraction of sp³-hybridized carbons (Fsp3) is 0.326. The summed E-state index contributed by atoms with van der Waals surface area (Å²) in [6.07, 6.45) is 11.5. The number of hydrogen-bond donors (Lipinski definition) is 4. The zero-order chi connectivity index (χ0) is 42.8. The number of rotatable bonds is 17. The van der Waals surface area contributed by atoms with Gasteiger partial charge < -0.3 is 10.0 Å². The number of allylic oxidation sites excluding steroid dienone is 7. The lowest BCUT2D eigenvalue weighted by Gasteiger charge is -2.34. The largest absolute Gasteiger partial charge is 0.481 e. The summed E-state index contributed by atoms with van der Waals surface area (Å²) >= 11 is 0. The molecule has 0 spiro atoms. The molecule has 5 rings (SSSR count). The second-order valence-electron chi connectivity index (χ2n) is 15.4. The molecule has 1 aliphatic rings. The topological polar surface area (TPSA) is 204 Å². The number of carbonyl (C=O) groups is 1. The average Bonchev–Trinajstić information content (AvgIpc) is 3.34. The minimum absolute atomic E-state index is 0.0201. The lowest BCUT2D eigenvalue weighted by atomic mass is 9.70. The molecule has 0 bridgehead atoms. The van der Waals surface area contributed by atoms with Crippen LogP contribution in [0.15, 0.2) is 119 Å². The van der Waals surface area contributed by atoms with Crippen molar-refractivity contribution < 1.29 is 48.8 Å². The third-order valence-corrected chi connectivity index (χ3v) is 13.5. The monoisotopic (exact) mass is 851 g/mol. The molecule has 4 aromatic carbocycles. The Labute approximate surface area is 340 Å². The van der Waals surface area contributed by atoms with Gasteiger partial charge in [-0.25, -0.2) is 0 Å². The van der Waals surface area contributed by atoms with E-state index >= 15 is 0 Å². The maximum Gasteiger partial charge on any atom is 0.303 e. The van der Waals surface area contributed by atoms with Gasteiger partial charge in [-0.15, -0.1) is 0 Å². The Morgan fingerprint density at radius 3 is 2.19 bits per heavy atom. The van der Waals surface area contributed by atoms with Crippen LogP contribution in [0.5, 0.6) is 0 Å². The molecule has 310 valence electrons. The molecule has 1 heterocycles. The van der Waals surface area contributed by atoms with E-state index in [9.17, 15) is 43.7 Å². The summed E-state index contributed by atoms with van der Waals surface area (Å²) in [7, 11) is -14.0. The predicted octanol–water partition coefficient (Wildman–Crippen LogP) is 8.72. The van der Waals surface area contributed by atoms with Crippen molar-refractivity contribution in [3.8, 4) is 0 Å². The van der Waals surface area contributed by atoms with Gasteiger partial charge in [-0.1, -0.05) is 101 Å². The van der Waals surface area contributed by atoms with E-state index in [1.54, 1.807) is 6.07 Å². The van der Waals surface area contributed by atoms with Crippen LogP contribution in [-0.4, -0.2) is 62.3 Å². The number of benzene rings is 4. The number of unbranched alkanes of at least 4 members (excludes halogenated alkanes) is 2. The molecular formula is C43H49NO11S3. The van der Waals surface area contributed by atoms with Crippen molar-refractivity contribution in [1.29, 1.82) is 0 Å². The maximum absolute atomic E-state index is 12.5. The average molecular weight is 852 g/mol. The number of carboxylic acids is 1. The van der Waals surface area contributed by atoms with Crippen LogP contribution in [0, 0.1) is 6.92 Å². The molecule has 0 saturated heterocycles. The molecule has 12 nitrogen and oxygen atoms in total. The summed E-state index contributed by atoms with van der Waals surface area (Å²) in [6, 6.07) is 17.1. The number of aryl methyl sites for hydroxylation is 1. The molecule has 1 unspecified atom stereocenters. The smallest absolute Gasteiger partial charge is 0.303 e. The highest BCUT2D eigenvalue weighted by Crippen LogP contribution is 2.52. The van der Waals surface area contributed by atoms with E-state index in [4.69, 9.17) is 5.11 Å². The molecule has 0 amide bonds. The van der Waals surface area contributed by atoms with Gasteiger partial charge in [0.15, 0.2) is 0 Å². The Bertz CT molecular complexity index is 2710. The Morgan fingerprint density at radius 1 is 0.828 bits per heavy atom. The number of hydrogen-bond acceptors (Lipinski definition) is 8. The fourth-order valence-electron chi connectivity index (χ4n) is 8.20. The molecular weight excluding hydrogens is 803 g/mol. The molecule has 15 heteroatoms. The Hall–Kier alpha value is -4.64. The van der Waals surface area contributed by atoms with Crippen molar-refractivity contribution in [1.82, 2.24) is 0 Å². The molecule has 1 aliphatic heterocycles. The summed E-state index contributed by atoms with van der Waals surface area (Å²) in [5.41, 5.74) is 3.13. The molecule has 1 atom stereocenters. The highest BCUT2D eigenvalue weighted by molar-refractivity contribution is 7.87. The normalized spacial score (nSPS) is 16.5. The standard InChI is InChI=1S/C43H49NO11S3/c1-29-20-21-31-16-11-12-17-33(31)40(29)43(5,24-14-26-56(47,48)49)30(2)15-8-6-9-18-38-42(3,4)41-35-27-32(57(50,51)52)28-37(58(53,54)55)34(35)22-23-36(41)44(38)25-13-7-10-19-39(45)46/h6,8-9,11-12,15-18,20-23,27-28H,2,7,10,13-14,19,24-26H2,1,3-5H3,(H,45,46)(H,47,48,49)(H,50,51,52)(H,53,54,55)/b9-6+,15-8+,38-18+. The van der Waals surface area contributed by atoms with Gasteiger partial charge in [0.05, 0.1) is 10.6 Å². The molecule has 0 radical (unpaired) electrons. The molecule has 0 fully saturated rings. The number of anilines is 1. The van der Waals surface area contributed by atoms with Crippen LogP contribution >= 0.6 is 0 Å². The first-order valence-electron chi connectivity index (χ1n) is 18.7. The minimum atomic E-state index is -4.92. The first-order chi connectivity index (χ1) is 27.0. The molecule has 0 saturated carbocycles. The van der Waals surface area contributed by atoms with E-state index in [0.29, 0.717) is 49.1 Å². The van der Waals surface area contributed by atoms with Gasteiger partial charge in [-0.3, -0.25) is 18.5 Å². The molecule has 0 aliphatic carbocycles. The second kappa shape index (κ2) is 16.9. The lowest BCUT2D eigenvalue weighted by Crippen LogP contribution is -2.27. The summed E-state index contributed by atoms with van der Waals surface area (Å²) in [4.78, 5) is 11.8. The van der Waals surface area contributed by atoms with Gasteiger partial charge in [0, 0.05) is 40.6 Å². The number of aliphatic carboxylic acids is 1. The van der Waals surface area contributed by atoms with Crippen LogP contribution in [0.4, 0.5) is 5.69 Å². The van der Waals surface area contributed by atoms with Crippen LogP contribution in [0.25, 0.3) is 21.5 Å². The van der Waals surface area contributed by atoms with E-state index in [0.717, 1.165) is 33.7 Å². The summed E-state index contributed by atoms with van der Waals surface area (Å²) in [5, 5.41) is 11.5. The fourth-order valence-corrected chi connectivity index (χ4v) is 10.0. The van der Waals surface area contributed by atoms with Crippen LogP contribution in [-0.2, 0) is 46.0 Å². The highest BCUT2D eigenvalue weighted by atomic mass is 32.2. The molecule has 0 aromatic heterocycles. The SMILES string of the molecule is C=C(/C=C/C=C/C=C1/N(CCCCCC(=O)O)c2ccc3c(S(=O)(=O)O)cc(S(=O)(=O)O)cc3c2C1(C)C)C(C)(CCCS(=O)(=O)O)c1c(C)ccc2ccccc12. The third kappa shape index (κ3) is 9.62. The van der Waals surface area contributed by atoms with Gasteiger partial charge in [-0.05, 0) is 95.3 Å². The molecule has 4 N–H and O–H groups in total. The van der Waals surface area contributed by atoms with Crippen molar-refractivity contribution in [2.45, 2.75) is 86.8 Å². The van der Waals surface area contributed by atoms with E-state index in [-0.39, 0.29) is 23.6 Å². The Kier molecular flexibility index (Phi) is 13.0. The lowest BCUT2D eigenvalue weighted by molar-refractivity contribution is -0.137. The van der Waals surface area contributed by atoms with Crippen molar-refractivity contribution >= 4 is 63.6 Å². The summed E-state index contributed by atoms with van der Waals surface area (Å²) < 4.78 is 103. The van der Waals surface area contributed by atoms with E-state index in [1.807, 2.05) is 99.4 Å². The second-order valence-corrected chi connectivity index (χ2v) is 19.8. The zero-order valence-electron chi connectivity index (χ0n) is 32.8. The van der Waals surface area contributed by atoms with Crippen molar-refractivity contribution in [3.63, 3.8) is 0 Å². The van der Waals surface area contributed by atoms with Gasteiger partial charge in [0.25, 0.3) is 30.4 Å². The first kappa shape index (κ1) is 44.5. The zero-order valence-corrected chi connectivity index (χ0v) is 35.3. The Morgan fingerprint density at radius 2 is 1.53 bits per heavy atom. The van der Waals surface area contributed by atoms with E-state index < -0.39 is 62.7 Å². The van der Waals surface area contributed by atoms with Crippen LogP contribution in [0.2, 0.25) is 0 Å². The van der Waals surface area contributed by atoms with Crippen molar-refractivity contribution in [2.75, 3.05) is 17.2 Å². The van der Waals surface area contributed by atoms with Gasteiger partial charge in [0.1, 0.15) is 4.90 Å².